The highest BCUT2D eigenvalue weighted by atomic mass is 32.2. The van der Waals surface area contributed by atoms with Crippen LogP contribution in [0.1, 0.15) is 15.2 Å². The largest absolute Gasteiger partial charge is 0.496 e. The van der Waals surface area contributed by atoms with Gasteiger partial charge in [0.25, 0.3) is 0 Å². The van der Waals surface area contributed by atoms with E-state index in [-0.39, 0.29) is 17.1 Å². The molecule has 5 nitrogen and oxygen atoms in total. The van der Waals surface area contributed by atoms with Gasteiger partial charge in [0.1, 0.15) is 17.9 Å². The summed E-state index contributed by atoms with van der Waals surface area (Å²) in [4.78, 5) is 13.7. The number of aryl methyl sites for hydroxylation is 2. The molecule has 0 saturated carbocycles. The second-order valence-corrected chi connectivity index (χ2v) is 7.17. The van der Waals surface area contributed by atoms with Gasteiger partial charge in [-0.05, 0) is 36.1 Å². The van der Waals surface area contributed by atoms with Crippen LogP contribution in [0.5, 0.6) is 5.75 Å². The van der Waals surface area contributed by atoms with Crippen molar-refractivity contribution < 1.29 is 13.9 Å². The van der Waals surface area contributed by atoms with E-state index in [1.165, 1.54) is 41.9 Å². The number of hydrogen-bond acceptors (Lipinski definition) is 6. The van der Waals surface area contributed by atoms with Crippen LogP contribution in [0.3, 0.4) is 0 Å². The fourth-order valence-corrected chi connectivity index (χ4v) is 3.82. The van der Waals surface area contributed by atoms with Gasteiger partial charge < -0.3 is 9.30 Å². The third-order valence-electron chi connectivity index (χ3n) is 3.55. The van der Waals surface area contributed by atoms with Crippen LogP contribution in [0, 0.1) is 5.82 Å². The van der Waals surface area contributed by atoms with E-state index in [1.54, 1.807) is 17.7 Å². The van der Waals surface area contributed by atoms with E-state index in [4.69, 9.17) is 4.74 Å². The van der Waals surface area contributed by atoms with Crippen molar-refractivity contribution in [1.82, 2.24) is 14.8 Å². The molecule has 0 amide bonds. The number of aromatic nitrogens is 3. The summed E-state index contributed by atoms with van der Waals surface area (Å²) < 4.78 is 20.5. The molecule has 0 spiro atoms. The number of nitrogens with zero attached hydrogens (tertiary/aromatic N) is 3. The first-order valence-corrected chi connectivity index (χ1v) is 9.43. The summed E-state index contributed by atoms with van der Waals surface area (Å²) in [5, 5.41) is 10.7. The highest BCUT2D eigenvalue weighted by molar-refractivity contribution is 7.99. The summed E-state index contributed by atoms with van der Waals surface area (Å²) in [6.45, 7) is 0.743. The second-order valence-electron chi connectivity index (χ2n) is 5.19. The van der Waals surface area contributed by atoms with Crippen LogP contribution in [0.2, 0.25) is 0 Å². The Morgan fingerprint density at radius 1 is 1.40 bits per heavy atom. The quantitative estimate of drug-likeness (QED) is 0.442. The van der Waals surface area contributed by atoms with Crippen LogP contribution in [-0.2, 0) is 13.0 Å². The normalized spacial score (nSPS) is 10.8. The molecule has 0 atom stereocenters. The van der Waals surface area contributed by atoms with Gasteiger partial charge in [-0.1, -0.05) is 17.8 Å². The van der Waals surface area contributed by atoms with Gasteiger partial charge in [0.2, 0.25) is 0 Å². The number of thiophene rings is 1. The lowest BCUT2D eigenvalue weighted by Gasteiger charge is -2.08. The molecule has 0 N–H and O–H groups in total. The van der Waals surface area contributed by atoms with Crippen molar-refractivity contribution in [3.8, 4) is 5.75 Å². The minimum Gasteiger partial charge on any atom is -0.496 e. The van der Waals surface area contributed by atoms with Crippen LogP contribution < -0.4 is 4.74 Å². The molecule has 2 heterocycles. The number of carbonyl (C=O) groups excluding carboxylic acids is 1. The number of rotatable bonds is 8. The zero-order valence-electron chi connectivity index (χ0n) is 13.5. The van der Waals surface area contributed by atoms with Crippen LogP contribution in [-0.4, -0.2) is 33.4 Å². The molecule has 0 aliphatic carbocycles. The summed E-state index contributed by atoms with van der Waals surface area (Å²) in [6, 6.07) is 8.03. The molecule has 0 aliphatic heterocycles. The molecule has 0 fully saturated rings. The molecule has 0 unspecified atom stereocenters. The van der Waals surface area contributed by atoms with Crippen molar-refractivity contribution in [1.29, 1.82) is 0 Å². The van der Waals surface area contributed by atoms with Gasteiger partial charge in [-0.3, -0.25) is 4.79 Å². The number of ketones is 1. The molecular formula is C17H16FN3O2S2. The van der Waals surface area contributed by atoms with Gasteiger partial charge in [0.15, 0.2) is 10.9 Å². The summed E-state index contributed by atoms with van der Waals surface area (Å²) in [5.74, 6) is -0.175. The highest BCUT2D eigenvalue weighted by Gasteiger charge is 2.15. The summed E-state index contributed by atoms with van der Waals surface area (Å²) in [5.41, 5.74) is 0.236. The van der Waals surface area contributed by atoms with Crippen molar-refractivity contribution in [3.05, 3.63) is 58.3 Å². The summed E-state index contributed by atoms with van der Waals surface area (Å²) in [7, 11) is 1.46. The van der Waals surface area contributed by atoms with E-state index < -0.39 is 5.82 Å². The Hall–Kier alpha value is -2.19. The van der Waals surface area contributed by atoms with Crippen LogP contribution in [0.25, 0.3) is 0 Å². The molecule has 0 bridgehead atoms. The van der Waals surface area contributed by atoms with E-state index in [2.05, 4.69) is 16.3 Å². The number of carbonyl (C=O) groups is 1. The first-order valence-electron chi connectivity index (χ1n) is 7.57. The molecule has 130 valence electrons. The van der Waals surface area contributed by atoms with Gasteiger partial charge >= 0.3 is 0 Å². The molecule has 8 heteroatoms. The number of methoxy groups -OCH3 is 1. The van der Waals surface area contributed by atoms with Crippen LogP contribution in [0.4, 0.5) is 4.39 Å². The maximum atomic E-state index is 13.4. The van der Waals surface area contributed by atoms with Gasteiger partial charge in [0.05, 0.1) is 18.4 Å². The predicted molar refractivity (Wildman–Crippen MR) is 96.1 cm³/mol. The van der Waals surface area contributed by atoms with Crippen molar-refractivity contribution in [2.45, 2.75) is 18.1 Å². The number of ether oxygens (including phenoxy) is 1. The smallest absolute Gasteiger partial charge is 0.191 e. The third kappa shape index (κ3) is 4.46. The lowest BCUT2D eigenvalue weighted by molar-refractivity contribution is 0.101. The molecule has 3 aromatic rings. The zero-order chi connectivity index (χ0) is 17.6. The minimum absolute atomic E-state index is 0.136. The Balaban J connectivity index is 1.63. The van der Waals surface area contributed by atoms with Crippen LogP contribution in [0.15, 0.2) is 47.2 Å². The topological polar surface area (TPSA) is 57.0 Å². The number of Topliss-reactive ketones (excluding diaryl/α,β-unsaturated/α-hetero) is 1. The molecule has 0 saturated heterocycles. The first kappa shape index (κ1) is 17.6. The fraction of sp³-hybridized carbons (Fsp3) is 0.235. The molecule has 0 radical (unpaired) electrons. The van der Waals surface area contributed by atoms with Gasteiger partial charge in [-0.15, -0.1) is 21.5 Å². The van der Waals surface area contributed by atoms with Crippen molar-refractivity contribution in [3.63, 3.8) is 0 Å². The maximum absolute atomic E-state index is 13.4. The Labute approximate surface area is 152 Å². The summed E-state index contributed by atoms with van der Waals surface area (Å²) in [6.07, 6.45) is 2.54. The second kappa shape index (κ2) is 8.26. The lowest BCUT2D eigenvalue weighted by atomic mass is 10.1. The molecule has 25 heavy (non-hydrogen) atoms. The zero-order valence-corrected chi connectivity index (χ0v) is 15.1. The van der Waals surface area contributed by atoms with E-state index in [0.29, 0.717) is 10.9 Å². The van der Waals surface area contributed by atoms with E-state index >= 15 is 0 Å². The van der Waals surface area contributed by atoms with Gasteiger partial charge in [-0.25, -0.2) is 4.39 Å². The van der Waals surface area contributed by atoms with Crippen molar-refractivity contribution in [2.75, 3.05) is 12.9 Å². The third-order valence-corrected chi connectivity index (χ3v) is 5.47. The molecule has 2 aromatic heterocycles. The van der Waals surface area contributed by atoms with Gasteiger partial charge in [-0.2, -0.15) is 0 Å². The monoisotopic (exact) mass is 377 g/mol. The Morgan fingerprint density at radius 3 is 3.04 bits per heavy atom. The lowest BCUT2D eigenvalue weighted by Crippen LogP contribution is -2.07. The SMILES string of the molecule is COc1ccc(F)cc1C(=O)CSc1nncn1CCc1cccs1. The Kier molecular flexibility index (Phi) is 5.83. The molecular weight excluding hydrogens is 361 g/mol. The van der Waals surface area contributed by atoms with E-state index in [1.807, 2.05) is 16.0 Å². The van der Waals surface area contributed by atoms with Gasteiger partial charge in [0, 0.05) is 11.4 Å². The minimum atomic E-state index is -0.465. The predicted octanol–water partition coefficient (Wildman–Crippen LogP) is 3.71. The highest BCUT2D eigenvalue weighted by Crippen LogP contribution is 2.23. The van der Waals surface area contributed by atoms with E-state index in [9.17, 15) is 9.18 Å². The fourth-order valence-electron chi connectivity index (χ4n) is 2.30. The number of hydrogen-bond donors (Lipinski definition) is 0. The van der Waals surface area contributed by atoms with Crippen LogP contribution >= 0.6 is 23.1 Å². The standard InChI is InChI=1S/C17H16FN3O2S2/c1-23-16-5-4-12(18)9-14(16)15(22)10-25-17-20-19-11-21(17)7-6-13-3-2-8-24-13/h2-5,8-9,11H,6-7,10H2,1H3. The van der Waals surface area contributed by atoms with Crippen molar-refractivity contribution >= 4 is 28.9 Å². The number of thioether (sulfide) groups is 1. The molecule has 3 rings (SSSR count). The maximum Gasteiger partial charge on any atom is 0.191 e. The van der Waals surface area contributed by atoms with E-state index in [0.717, 1.165) is 13.0 Å². The number of halogens is 1. The van der Waals surface area contributed by atoms with Crippen molar-refractivity contribution in [2.24, 2.45) is 0 Å². The average Bonchev–Trinajstić information content (AvgIpc) is 3.29. The average molecular weight is 377 g/mol. The Bertz CT molecular complexity index is 849. The molecule has 1 aromatic carbocycles. The Morgan fingerprint density at radius 2 is 2.28 bits per heavy atom. The summed E-state index contributed by atoms with van der Waals surface area (Å²) >= 11 is 2.99. The number of benzene rings is 1. The first-order chi connectivity index (χ1) is 12.2. The molecule has 0 aliphatic rings.